The molecule has 0 saturated heterocycles. The number of allylic oxidation sites excluding steroid dienone is 4. The molecule has 1 aliphatic rings. The highest BCUT2D eigenvalue weighted by Gasteiger charge is 2.37. The molecule has 0 atom stereocenters. The molecule has 1 aliphatic carbocycles. The van der Waals surface area contributed by atoms with Crippen molar-refractivity contribution in [3.05, 3.63) is 227 Å². The summed E-state index contributed by atoms with van der Waals surface area (Å²) in [5, 5.41) is 0. The van der Waals surface area contributed by atoms with Gasteiger partial charge in [-0.2, -0.15) is 0 Å². The number of rotatable bonds is 6. The lowest BCUT2D eigenvalue weighted by molar-refractivity contribution is 1.39. The van der Waals surface area contributed by atoms with Crippen LogP contribution in [0.15, 0.2) is 193 Å². The highest BCUT2D eigenvalue weighted by Crippen LogP contribution is 2.58. The second kappa shape index (κ2) is 11.6. The van der Waals surface area contributed by atoms with Crippen molar-refractivity contribution in [3.8, 4) is 0 Å². The topological polar surface area (TPSA) is 0 Å². The van der Waals surface area contributed by atoms with Gasteiger partial charge < -0.3 is 0 Å². The van der Waals surface area contributed by atoms with Crippen LogP contribution in [0.25, 0.3) is 22.3 Å². The molecular weight excluding hydrogens is 504 g/mol. The van der Waals surface area contributed by atoms with E-state index < -0.39 is 0 Å². The first kappa shape index (κ1) is 25.5. The Labute approximate surface area is 248 Å². The van der Waals surface area contributed by atoms with Crippen LogP contribution in [0, 0.1) is 0 Å². The molecule has 0 heteroatoms. The van der Waals surface area contributed by atoms with E-state index in [-0.39, 0.29) is 0 Å². The molecular formula is C42H30. The molecule has 0 bridgehead atoms. The molecule has 0 N–H and O–H groups in total. The van der Waals surface area contributed by atoms with E-state index in [4.69, 9.17) is 0 Å². The second-order valence-corrected chi connectivity index (χ2v) is 10.4. The van der Waals surface area contributed by atoms with Gasteiger partial charge in [0.15, 0.2) is 0 Å². The van der Waals surface area contributed by atoms with E-state index in [0.717, 1.165) is 0 Å². The minimum atomic E-state index is 1.21. The molecule has 0 aliphatic heterocycles. The van der Waals surface area contributed by atoms with Gasteiger partial charge in [-0.05, 0) is 66.8 Å². The van der Waals surface area contributed by atoms with Crippen LogP contribution in [0.3, 0.4) is 0 Å². The monoisotopic (exact) mass is 534 g/mol. The largest absolute Gasteiger partial charge is 0.0622 e. The molecule has 0 spiro atoms. The summed E-state index contributed by atoms with van der Waals surface area (Å²) in [6, 6.07) is 65.1. The molecule has 0 radical (unpaired) electrons. The molecule has 0 amide bonds. The lowest BCUT2D eigenvalue weighted by atomic mass is 9.65. The smallest absolute Gasteiger partial charge is 0.000139 e. The van der Waals surface area contributed by atoms with Crippen molar-refractivity contribution in [1.82, 2.24) is 0 Å². The summed E-state index contributed by atoms with van der Waals surface area (Å²) in [4.78, 5) is 0. The van der Waals surface area contributed by atoms with Gasteiger partial charge in [-0.1, -0.05) is 182 Å². The Balaban J connectivity index is 1.71. The Morgan fingerprint density at radius 3 is 0.690 bits per heavy atom. The Hall–Kier alpha value is -5.46. The van der Waals surface area contributed by atoms with Crippen molar-refractivity contribution in [2.24, 2.45) is 0 Å². The first-order valence-corrected chi connectivity index (χ1v) is 14.5. The molecule has 198 valence electrons. The normalized spacial score (nSPS) is 12.6. The summed E-state index contributed by atoms with van der Waals surface area (Å²) in [5.41, 5.74) is 14.9. The predicted molar refractivity (Wildman–Crippen MR) is 178 cm³/mol. The van der Waals surface area contributed by atoms with Crippen LogP contribution in [0.5, 0.6) is 0 Å². The van der Waals surface area contributed by atoms with Crippen LogP contribution in [0.2, 0.25) is 0 Å². The minimum absolute atomic E-state index is 1.21. The molecule has 42 heavy (non-hydrogen) atoms. The van der Waals surface area contributed by atoms with Crippen LogP contribution in [-0.2, 0) is 0 Å². The third-order valence-electron chi connectivity index (χ3n) is 7.87. The fourth-order valence-electron chi connectivity index (χ4n) is 6.05. The van der Waals surface area contributed by atoms with Crippen LogP contribution < -0.4 is 0 Å². The van der Waals surface area contributed by atoms with Gasteiger partial charge in [0, 0.05) is 0 Å². The van der Waals surface area contributed by atoms with Gasteiger partial charge in [-0.15, -0.1) is 0 Å². The molecule has 0 saturated carbocycles. The van der Waals surface area contributed by atoms with E-state index in [2.05, 4.69) is 182 Å². The molecule has 0 fully saturated rings. The number of benzene rings is 6. The van der Waals surface area contributed by atoms with Crippen LogP contribution >= 0.6 is 0 Å². The predicted octanol–water partition coefficient (Wildman–Crippen LogP) is 10.6. The fraction of sp³-hybridized carbons (Fsp3) is 0. The first-order valence-electron chi connectivity index (χ1n) is 14.5. The van der Waals surface area contributed by atoms with E-state index in [1.807, 2.05) is 0 Å². The Morgan fingerprint density at radius 2 is 0.452 bits per heavy atom. The molecule has 0 heterocycles. The maximum absolute atomic E-state index is 2.24. The molecule has 6 aromatic rings. The van der Waals surface area contributed by atoms with Gasteiger partial charge in [0.25, 0.3) is 0 Å². The molecule has 0 unspecified atom stereocenters. The maximum Gasteiger partial charge on any atom is -0.000139 e. The van der Waals surface area contributed by atoms with Gasteiger partial charge in [0.1, 0.15) is 0 Å². The summed E-state index contributed by atoms with van der Waals surface area (Å²) >= 11 is 0. The Kier molecular flexibility index (Phi) is 7.02. The van der Waals surface area contributed by atoms with Crippen LogP contribution in [0.4, 0.5) is 0 Å². The average Bonchev–Trinajstić information content (AvgIpc) is 3.07. The SMILES string of the molecule is c1ccc(C2=C(c3ccccc3)C(=C(c3ccccc3)c3ccccc3)C2=C(c2ccccc2)c2ccccc2)cc1. The lowest BCUT2D eigenvalue weighted by Crippen LogP contribution is -2.17. The zero-order valence-electron chi connectivity index (χ0n) is 23.3. The summed E-state index contributed by atoms with van der Waals surface area (Å²) < 4.78 is 0. The van der Waals surface area contributed by atoms with Crippen molar-refractivity contribution in [2.45, 2.75) is 0 Å². The summed E-state index contributed by atoms with van der Waals surface area (Å²) in [6.07, 6.45) is 0. The fourth-order valence-corrected chi connectivity index (χ4v) is 6.05. The highest BCUT2D eigenvalue weighted by molar-refractivity contribution is 6.26. The maximum atomic E-state index is 2.24. The lowest BCUT2D eigenvalue weighted by Gasteiger charge is -2.37. The van der Waals surface area contributed by atoms with E-state index in [0.29, 0.717) is 0 Å². The second-order valence-electron chi connectivity index (χ2n) is 10.4. The standard InChI is InChI=1S/C42H30/c1-7-19-31(20-8-1)37(32-21-9-2-10-22-32)41-39(35-27-15-5-16-28-35)40(36-29-17-6-18-30-36)42(41)38(33-23-11-3-12-24-33)34-25-13-4-14-26-34/h1-30H. The van der Waals surface area contributed by atoms with Crippen LogP contribution in [0.1, 0.15) is 33.4 Å². The van der Waals surface area contributed by atoms with Gasteiger partial charge in [-0.3, -0.25) is 0 Å². The van der Waals surface area contributed by atoms with Crippen molar-refractivity contribution in [3.63, 3.8) is 0 Å². The van der Waals surface area contributed by atoms with Crippen molar-refractivity contribution < 1.29 is 0 Å². The molecule has 7 rings (SSSR count). The minimum Gasteiger partial charge on any atom is -0.0622 e. The van der Waals surface area contributed by atoms with Gasteiger partial charge in [0.05, 0.1) is 0 Å². The van der Waals surface area contributed by atoms with E-state index >= 15 is 0 Å². The molecule has 0 nitrogen and oxygen atoms in total. The van der Waals surface area contributed by atoms with Gasteiger partial charge in [0.2, 0.25) is 0 Å². The van der Waals surface area contributed by atoms with Crippen molar-refractivity contribution in [2.75, 3.05) is 0 Å². The summed E-state index contributed by atoms with van der Waals surface area (Å²) in [5.74, 6) is 0. The van der Waals surface area contributed by atoms with E-state index in [1.54, 1.807) is 0 Å². The first-order chi connectivity index (χ1) is 20.9. The third kappa shape index (κ3) is 4.74. The van der Waals surface area contributed by atoms with Crippen LogP contribution in [-0.4, -0.2) is 0 Å². The Bertz CT molecular complexity index is 1670. The number of hydrogen-bond acceptors (Lipinski definition) is 0. The summed E-state index contributed by atoms with van der Waals surface area (Å²) in [6.45, 7) is 0. The third-order valence-corrected chi connectivity index (χ3v) is 7.87. The molecule has 0 aromatic heterocycles. The van der Waals surface area contributed by atoms with E-state index in [9.17, 15) is 0 Å². The Morgan fingerprint density at radius 1 is 0.238 bits per heavy atom. The average molecular weight is 535 g/mol. The number of hydrogen-bond donors (Lipinski definition) is 0. The van der Waals surface area contributed by atoms with Gasteiger partial charge in [-0.25, -0.2) is 0 Å². The highest BCUT2D eigenvalue weighted by atomic mass is 14.4. The quantitative estimate of drug-likeness (QED) is 0.199. The zero-order chi connectivity index (χ0) is 28.1. The molecule has 6 aromatic carbocycles. The van der Waals surface area contributed by atoms with E-state index in [1.165, 1.54) is 66.8 Å². The van der Waals surface area contributed by atoms with Crippen molar-refractivity contribution in [1.29, 1.82) is 0 Å². The summed E-state index contributed by atoms with van der Waals surface area (Å²) in [7, 11) is 0. The van der Waals surface area contributed by atoms with Crippen molar-refractivity contribution >= 4 is 22.3 Å². The van der Waals surface area contributed by atoms with Gasteiger partial charge >= 0.3 is 0 Å². The zero-order valence-corrected chi connectivity index (χ0v) is 23.3.